The molecule has 2 aromatic carbocycles. The first-order valence-corrected chi connectivity index (χ1v) is 6.15. The summed E-state index contributed by atoms with van der Waals surface area (Å²) in [6, 6.07) is 19.2. The minimum absolute atomic E-state index is 0.325. The van der Waals surface area contributed by atoms with E-state index in [2.05, 4.69) is 48.5 Å². The van der Waals surface area contributed by atoms with E-state index in [-0.39, 0.29) is 0 Å². The van der Waals surface area contributed by atoms with Crippen LogP contribution in [0, 0.1) is 5.92 Å². The van der Waals surface area contributed by atoms with E-state index < -0.39 is 0 Å². The molecular formula is C16H16O. The molecule has 0 saturated heterocycles. The van der Waals surface area contributed by atoms with Gasteiger partial charge in [-0.3, -0.25) is 0 Å². The van der Waals surface area contributed by atoms with Gasteiger partial charge < -0.3 is 5.11 Å². The van der Waals surface area contributed by atoms with Crippen LogP contribution in [-0.2, 0) is 0 Å². The molecule has 0 heterocycles. The van der Waals surface area contributed by atoms with Gasteiger partial charge in [0.1, 0.15) is 0 Å². The fourth-order valence-corrected chi connectivity index (χ4v) is 2.41. The number of rotatable bonds is 3. The van der Waals surface area contributed by atoms with Crippen molar-refractivity contribution in [2.75, 3.05) is 6.61 Å². The SMILES string of the molecule is OC[C@H]1C[C@@H]1c1ccc(-c2ccccc2)cc1. The Morgan fingerprint density at radius 1 is 0.882 bits per heavy atom. The minimum Gasteiger partial charge on any atom is -0.396 e. The lowest BCUT2D eigenvalue weighted by atomic mass is 10.0. The summed E-state index contributed by atoms with van der Waals surface area (Å²) in [6.45, 7) is 0.325. The second-order valence-electron chi connectivity index (χ2n) is 4.77. The summed E-state index contributed by atoms with van der Waals surface area (Å²) >= 11 is 0. The average molecular weight is 224 g/mol. The van der Waals surface area contributed by atoms with E-state index in [1.165, 1.54) is 16.7 Å². The molecule has 1 saturated carbocycles. The molecule has 1 aliphatic carbocycles. The summed E-state index contributed by atoms with van der Waals surface area (Å²) in [4.78, 5) is 0. The predicted octanol–water partition coefficient (Wildman–Crippen LogP) is 3.45. The molecule has 0 bridgehead atoms. The third-order valence-electron chi connectivity index (χ3n) is 3.60. The van der Waals surface area contributed by atoms with Crippen LogP contribution in [0.1, 0.15) is 17.9 Å². The van der Waals surface area contributed by atoms with Gasteiger partial charge in [-0.05, 0) is 34.9 Å². The van der Waals surface area contributed by atoms with Gasteiger partial charge in [-0.1, -0.05) is 54.6 Å². The zero-order valence-corrected chi connectivity index (χ0v) is 9.71. The monoisotopic (exact) mass is 224 g/mol. The van der Waals surface area contributed by atoms with Gasteiger partial charge in [0.15, 0.2) is 0 Å². The first-order chi connectivity index (χ1) is 8.38. The Bertz CT molecular complexity index is 487. The highest BCUT2D eigenvalue weighted by molar-refractivity contribution is 5.63. The van der Waals surface area contributed by atoms with Crippen molar-refractivity contribution in [3.63, 3.8) is 0 Å². The Balaban J connectivity index is 1.82. The van der Waals surface area contributed by atoms with Crippen LogP contribution in [0.2, 0.25) is 0 Å². The largest absolute Gasteiger partial charge is 0.396 e. The van der Waals surface area contributed by atoms with Gasteiger partial charge in [-0.25, -0.2) is 0 Å². The lowest BCUT2D eigenvalue weighted by Gasteiger charge is -2.03. The molecule has 1 N–H and O–H groups in total. The Morgan fingerprint density at radius 3 is 2.12 bits per heavy atom. The summed E-state index contributed by atoms with van der Waals surface area (Å²) in [5.74, 6) is 1.09. The van der Waals surface area contributed by atoms with Gasteiger partial charge in [-0.15, -0.1) is 0 Å². The lowest BCUT2D eigenvalue weighted by molar-refractivity contribution is 0.274. The highest BCUT2D eigenvalue weighted by atomic mass is 16.3. The van der Waals surface area contributed by atoms with Crippen molar-refractivity contribution >= 4 is 0 Å². The van der Waals surface area contributed by atoms with Crippen LogP contribution in [0.4, 0.5) is 0 Å². The third-order valence-corrected chi connectivity index (χ3v) is 3.60. The fraction of sp³-hybridized carbons (Fsp3) is 0.250. The standard InChI is InChI=1S/C16H16O/c17-11-15-10-16(15)14-8-6-13(7-9-14)12-4-2-1-3-5-12/h1-9,15-17H,10-11H2/t15-,16-/m1/s1. The maximum absolute atomic E-state index is 9.07. The second-order valence-corrected chi connectivity index (χ2v) is 4.77. The first-order valence-electron chi connectivity index (χ1n) is 6.15. The highest BCUT2D eigenvalue weighted by Gasteiger charge is 2.37. The van der Waals surface area contributed by atoms with Crippen molar-refractivity contribution in [2.24, 2.45) is 5.92 Å². The highest BCUT2D eigenvalue weighted by Crippen LogP contribution is 2.47. The molecule has 0 radical (unpaired) electrons. The van der Waals surface area contributed by atoms with E-state index >= 15 is 0 Å². The fourth-order valence-electron chi connectivity index (χ4n) is 2.41. The zero-order chi connectivity index (χ0) is 11.7. The quantitative estimate of drug-likeness (QED) is 0.846. The van der Waals surface area contributed by atoms with Crippen LogP contribution in [0.3, 0.4) is 0 Å². The molecule has 0 spiro atoms. The molecule has 3 rings (SSSR count). The van der Waals surface area contributed by atoms with Crippen molar-refractivity contribution in [3.05, 3.63) is 60.2 Å². The molecule has 0 unspecified atom stereocenters. The Labute approximate surface area is 102 Å². The maximum atomic E-state index is 9.07. The Morgan fingerprint density at radius 2 is 1.53 bits per heavy atom. The molecule has 0 aromatic heterocycles. The summed E-state index contributed by atoms with van der Waals surface area (Å²) in [7, 11) is 0. The number of hydrogen-bond donors (Lipinski definition) is 1. The molecule has 0 amide bonds. The number of aliphatic hydroxyl groups excluding tert-OH is 1. The molecule has 0 aliphatic heterocycles. The predicted molar refractivity (Wildman–Crippen MR) is 69.8 cm³/mol. The van der Waals surface area contributed by atoms with Gasteiger partial charge in [0.25, 0.3) is 0 Å². The van der Waals surface area contributed by atoms with E-state index in [1.54, 1.807) is 0 Å². The van der Waals surface area contributed by atoms with Crippen LogP contribution in [0.15, 0.2) is 54.6 Å². The molecule has 1 heteroatoms. The molecule has 1 nitrogen and oxygen atoms in total. The number of hydrogen-bond acceptors (Lipinski definition) is 1. The maximum Gasteiger partial charge on any atom is 0.0465 e. The van der Waals surface area contributed by atoms with Gasteiger partial charge in [0.2, 0.25) is 0 Å². The molecule has 86 valence electrons. The van der Waals surface area contributed by atoms with Crippen LogP contribution in [0.25, 0.3) is 11.1 Å². The lowest BCUT2D eigenvalue weighted by Crippen LogP contribution is -1.88. The van der Waals surface area contributed by atoms with E-state index in [9.17, 15) is 0 Å². The van der Waals surface area contributed by atoms with Crippen molar-refractivity contribution in [1.82, 2.24) is 0 Å². The molecule has 1 fully saturated rings. The molecular weight excluding hydrogens is 208 g/mol. The van der Waals surface area contributed by atoms with E-state index in [1.807, 2.05) is 6.07 Å². The van der Waals surface area contributed by atoms with Crippen molar-refractivity contribution in [2.45, 2.75) is 12.3 Å². The Hall–Kier alpha value is -1.60. The average Bonchev–Trinajstić information content (AvgIpc) is 3.19. The zero-order valence-electron chi connectivity index (χ0n) is 9.71. The number of aliphatic hydroxyl groups is 1. The van der Waals surface area contributed by atoms with E-state index in [0.717, 1.165) is 6.42 Å². The van der Waals surface area contributed by atoms with Gasteiger partial charge in [0, 0.05) is 6.61 Å². The topological polar surface area (TPSA) is 20.2 Å². The van der Waals surface area contributed by atoms with Crippen molar-refractivity contribution in [1.29, 1.82) is 0 Å². The smallest absolute Gasteiger partial charge is 0.0465 e. The van der Waals surface area contributed by atoms with Crippen LogP contribution >= 0.6 is 0 Å². The van der Waals surface area contributed by atoms with E-state index in [4.69, 9.17) is 5.11 Å². The first kappa shape index (κ1) is 10.5. The van der Waals surface area contributed by atoms with Crippen molar-refractivity contribution < 1.29 is 5.11 Å². The summed E-state index contributed by atoms with van der Waals surface area (Å²) in [5.41, 5.74) is 3.88. The molecule has 17 heavy (non-hydrogen) atoms. The molecule has 2 atom stereocenters. The Kier molecular flexibility index (Phi) is 2.69. The van der Waals surface area contributed by atoms with Crippen LogP contribution in [0.5, 0.6) is 0 Å². The summed E-state index contributed by atoms with van der Waals surface area (Å²) < 4.78 is 0. The van der Waals surface area contributed by atoms with Crippen molar-refractivity contribution in [3.8, 4) is 11.1 Å². The van der Waals surface area contributed by atoms with Crippen LogP contribution in [-0.4, -0.2) is 11.7 Å². The minimum atomic E-state index is 0.325. The molecule has 2 aromatic rings. The van der Waals surface area contributed by atoms with Gasteiger partial charge in [0.05, 0.1) is 0 Å². The second kappa shape index (κ2) is 4.34. The van der Waals surface area contributed by atoms with E-state index in [0.29, 0.717) is 18.4 Å². The van der Waals surface area contributed by atoms with Gasteiger partial charge >= 0.3 is 0 Å². The number of benzene rings is 2. The van der Waals surface area contributed by atoms with Gasteiger partial charge in [-0.2, -0.15) is 0 Å². The summed E-state index contributed by atoms with van der Waals surface area (Å²) in [6.07, 6.45) is 1.14. The molecule has 1 aliphatic rings. The van der Waals surface area contributed by atoms with Crippen LogP contribution < -0.4 is 0 Å². The third kappa shape index (κ3) is 2.11. The summed E-state index contributed by atoms with van der Waals surface area (Å²) in [5, 5.41) is 9.07. The normalized spacial score (nSPS) is 22.4.